The van der Waals surface area contributed by atoms with Gasteiger partial charge in [0, 0.05) is 20.5 Å². The summed E-state index contributed by atoms with van der Waals surface area (Å²) in [5, 5.41) is 18.5. The Balaban J connectivity index is 2.17. The number of rotatable bonds is 4. The summed E-state index contributed by atoms with van der Waals surface area (Å²) in [6.07, 6.45) is 2.20. The van der Waals surface area contributed by atoms with E-state index in [1.54, 1.807) is 9.36 Å². The Kier molecular flexibility index (Phi) is 3.23. The second kappa shape index (κ2) is 4.67. The van der Waals surface area contributed by atoms with Gasteiger partial charge in [0.05, 0.1) is 11.4 Å². The van der Waals surface area contributed by atoms with E-state index >= 15 is 0 Å². The third-order valence-electron chi connectivity index (χ3n) is 2.85. The van der Waals surface area contributed by atoms with Gasteiger partial charge in [-0.2, -0.15) is 10.2 Å². The van der Waals surface area contributed by atoms with E-state index in [0.29, 0.717) is 6.42 Å². The third-order valence-corrected chi connectivity index (χ3v) is 2.85. The van der Waals surface area contributed by atoms with Gasteiger partial charge >= 0.3 is 0 Å². The first-order valence-corrected chi connectivity index (χ1v) is 5.65. The summed E-state index contributed by atoms with van der Waals surface area (Å²) in [5.74, 6) is 0.761. The smallest absolute Gasteiger partial charge is 0.138 e. The third kappa shape index (κ3) is 2.36. The Morgan fingerprint density at radius 3 is 2.65 bits per heavy atom. The van der Waals surface area contributed by atoms with E-state index in [4.69, 9.17) is 0 Å². The molecule has 0 aliphatic heterocycles. The molecular weight excluding hydrogens is 218 g/mol. The lowest BCUT2D eigenvalue weighted by molar-refractivity contribution is 0.164. The molecule has 0 saturated carbocycles. The molecule has 0 bridgehead atoms. The van der Waals surface area contributed by atoms with Crippen molar-refractivity contribution in [3.05, 3.63) is 29.6 Å². The Morgan fingerprint density at radius 1 is 1.35 bits per heavy atom. The number of hydrogen-bond donors (Lipinski definition) is 1. The van der Waals surface area contributed by atoms with Crippen LogP contribution < -0.4 is 0 Å². The van der Waals surface area contributed by atoms with Gasteiger partial charge in [-0.15, -0.1) is 0 Å². The summed E-state index contributed by atoms with van der Waals surface area (Å²) in [5.41, 5.74) is 1.80. The maximum Gasteiger partial charge on any atom is 0.138 e. The highest BCUT2D eigenvalue weighted by molar-refractivity contribution is 5.14. The summed E-state index contributed by atoms with van der Waals surface area (Å²) in [4.78, 5) is 4.10. The molecule has 2 rings (SSSR count). The monoisotopic (exact) mass is 235 g/mol. The molecule has 1 atom stereocenters. The molecule has 0 aromatic carbocycles. The van der Waals surface area contributed by atoms with Crippen molar-refractivity contribution >= 4 is 0 Å². The van der Waals surface area contributed by atoms with Gasteiger partial charge in [0.15, 0.2) is 0 Å². The molecule has 92 valence electrons. The van der Waals surface area contributed by atoms with Gasteiger partial charge in [-0.05, 0) is 12.5 Å². The first-order chi connectivity index (χ1) is 8.11. The molecule has 2 aromatic rings. The first-order valence-electron chi connectivity index (χ1n) is 5.65. The van der Waals surface area contributed by atoms with Crippen molar-refractivity contribution in [1.82, 2.24) is 24.5 Å². The van der Waals surface area contributed by atoms with Gasteiger partial charge in [0.1, 0.15) is 18.3 Å². The van der Waals surface area contributed by atoms with Crippen LogP contribution in [0.3, 0.4) is 0 Å². The van der Waals surface area contributed by atoms with Crippen molar-refractivity contribution in [2.45, 2.75) is 25.9 Å². The Hall–Kier alpha value is -1.69. The second-order valence-corrected chi connectivity index (χ2v) is 4.06. The van der Waals surface area contributed by atoms with Crippen LogP contribution >= 0.6 is 0 Å². The van der Waals surface area contributed by atoms with E-state index in [1.807, 2.05) is 27.1 Å². The van der Waals surface area contributed by atoms with Crippen LogP contribution in [0.15, 0.2) is 12.4 Å². The molecule has 0 aliphatic rings. The highest BCUT2D eigenvalue weighted by Gasteiger charge is 2.16. The Labute approximate surface area is 99.9 Å². The second-order valence-electron chi connectivity index (χ2n) is 4.06. The maximum atomic E-state index is 10.2. The van der Waals surface area contributed by atoms with E-state index in [9.17, 15) is 5.11 Å². The van der Waals surface area contributed by atoms with Crippen molar-refractivity contribution in [3.8, 4) is 0 Å². The predicted molar refractivity (Wildman–Crippen MR) is 62.3 cm³/mol. The number of aryl methyl sites for hydroxylation is 3. The van der Waals surface area contributed by atoms with Crippen molar-refractivity contribution in [1.29, 1.82) is 0 Å². The van der Waals surface area contributed by atoms with Crippen LogP contribution in [0.2, 0.25) is 0 Å². The molecule has 1 N–H and O–H groups in total. The molecule has 6 nitrogen and oxygen atoms in total. The predicted octanol–water partition coefficient (Wildman–Crippen LogP) is 0.387. The summed E-state index contributed by atoms with van der Waals surface area (Å²) in [6, 6.07) is 1.93. The average molecular weight is 235 g/mol. The van der Waals surface area contributed by atoms with Crippen LogP contribution in [0.25, 0.3) is 0 Å². The number of aromatic nitrogens is 5. The van der Waals surface area contributed by atoms with Crippen LogP contribution in [0.1, 0.15) is 30.2 Å². The molecule has 0 saturated heterocycles. The summed E-state index contributed by atoms with van der Waals surface area (Å²) in [6.45, 7) is 2.04. The standard InChI is InChI=1S/C11H17N5O/c1-4-8-5-9(15(2)14-8)10(17)6-11-12-7-13-16(11)3/h5,7,10,17H,4,6H2,1-3H3. The maximum absolute atomic E-state index is 10.2. The summed E-state index contributed by atoms with van der Waals surface area (Å²) in [7, 11) is 3.66. The molecular formula is C11H17N5O. The van der Waals surface area contributed by atoms with Gasteiger partial charge in [-0.1, -0.05) is 6.92 Å². The molecule has 6 heteroatoms. The van der Waals surface area contributed by atoms with E-state index < -0.39 is 6.10 Å². The van der Waals surface area contributed by atoms with Crippen molar-refractivity contribution in [2.24, 2.45) is 14.1 Å². The van der Waals surface area contributed by atoms with Crippen molar-refractivity contribution in [3.63, 3.8) is 0 Å². The van der Waals surface area contributed by atoms with Gasteiger partial charge in [-0.3, -0.25) is 9.36 Å². The SMILES string of the molecule is CCc1cc(C(O)Cc2ncnn2C)n(C)n1. The molecule has 0 radical (unpaired) electrons. The van der Waals surface area contributed by atoms with Crippen LogP contribution in [-0.4, -0.2) is 29.7 Å². The summed E-state index contributed by atoms with van der Waals surface area (Å²) < 4.78 is 3.39. The number of nitrogens with zero attached hydrogens (tertiary/aromatic N) is 5. The molecule has 0 fully saturated rings. The highest BCUT2D eigenvalue weighted by Crippen LogP contribution is 2.17. The van der Waals surface area contributed by atoms with Crippen LogP contribution in [0.5, 0.6) is 0 Å². The van der Waals surface area contributed by atoms with Crippen LogP contribution in [0, 0.1) is 0 Å². The van der Waals surface area contributed by atoms with Gasteiger partial charge in [0.2, 0.25) is 0 Å². The average Bonchev–Trinajstić information content (AvgIpc) is 2.86. The molecule has 2 heterocycles. The zero-order chi connectivity index (χ0) is 12.4. The van der Waals surface area contributed by atoms with E-state index in [1.165, 1.54) is 6.33 Å². The van der Waals surface area contributed by atoms with Crippen LogP contribution in [-0.2, 0) is 26.9 Å². The minimum absolute atomic E-state index is 0.444. The number of hydrogen-bond acceptors (Lipinski definition) is 4. The fourth-order valence-electron chi connectivity index (χ4n) is 1.81. The zero-order valence-corrected chi connectivity index (χ0v) is 10.3. The lowest BCUT2D eigenvalue weighted by Gasteiger charge is -2.09. The van der Waals surface area contributed by atoms with E-state index in [0.717, 1.165) is 23.6 Å². The quantitative estimate of drug-likeness (QED) is 0.832. The molecule has 0 aliphatic carbocycles. The van der Waals surface area contributed by atoms with E-state index in [-0.39, 0.29) is 0 Å². The summed E-state index contributed by atoms with van der Waals surface area (Å²) >= 11 is 0. The fraction of sp³-hybridized carbons (Fsp3) is 0.545. The first kappa shape index (κ1) is 11.8. The Bertz CT molecular complexity index is 502. The normalized spacial score (nSPS) is 12.9. The van der Waals surface area contributed by atoms with Crippen molar-refractivity contribution in [2.75, 3.05) is 0 Å². The number of aliphatic hydroxyl groups excluding tert-OH is 1. The zero-order valence-electron chi connectivity index (χ0n) is 10.3. The van der Waals surface area contributed by atoms with Gasteiger partial charge in [0.25, 0.3) is 0 Å². The van der Waals surface area contributed by atoms with E-state index in [2.05, 4.69) is 15.2 Å². The van der Waals surface area contributed by atoms with Crippen molar-refractivity contribution < 1.29 is 5.11 Å². The fourth-order valence-corrected chi connectivity index (χ4v) is 1.81. The number of aliphatic hydroxyl groups is 1. The lowest BCUT2D eigenvalue weighted by Crippen LogP contribution is -2.11. The van der Waals surface area contributed by atoms with Gasteiger partial charge < -0.3 is 5.11 Å². The molecule has 1 unspecified atom stereocenters. The topological polar surface area (TPSA) is 68.8 Å². The largest absolute Gasteiger partial charge is 0.386 e. The van der Waals surface area contributed by atoms with Gasteiger partial charge in [-0.25, -0.2) is 4.98 Å². The molecule has 0 amide bonds. The molecule has 0 spiro atoms. The Morgan fingerprint density at radius 2 is 2.12 bits per heavy atom. The minimum atomic E-state index is -0.601. The van der Waals surface area contributed by atoms with Crippen LogP contribution in [0.4, 0.5) is 0 Å². The minimum Gasteiger partial charge on any atom is -0.386 e. The molecule has 17 heavy (non-hydrogen) atoms. The highest BCUT2D eigenvalue weighted by atomic mass is 16.3. The lowest BCUT2D eigenvalue weighted by atomic mass is 10.1. The molecule has 2 aromatic heterocycles.